The van der Waals surface area contributed by atoms with Gasteiger partial charge in [0, 0.05) is 11.6 Å². The zero-order valence-electron chi connectivity index (χ0n) is 10.8. The van der Waals surface area contributed by atoms with Crippen LogP contribution in [0.4, 0.5) is 11.4 Å². The third-order valence-corrected chi connectivity index (χ3v) is 2.54. The number of non-ortho nitro benzene ring substituents is 1. The average Bonchev–Trinajstić information content (AvgIpc) is 2.48. The van der Waals surface area contributed by atoms with Crippen LogP contribution in [0.2, 0.25) is 0 Å². The van der Waals surface area contributed by atoms with E-state index in [1.807, 2.05) is 30.3 Å². The van der Waals surface area contributed by atoms with Gasteiger partial charge in [-0.25, -0.2) is 0 Å². The normalized spacial score (nSPS) is 10.4. The van der Waals surface area contributed by atoms with Crippen molar-refractivity contribution >= 4 is 17.6 Å². The largest absolute Gasteiger partial charge is 0.496 e. The molecule has 1 N–H and O–H groups in total. The molecule has 0 saturated heterocycles. The van der Waals surface area contributed by atoms with Gasteiger partial charge in [0.25, 0.3) is 5.69 Å². The molecule has 0 spiro atoms. The lowest BCUT2D eigenvalue weighted by atomic mass is 10.2. The van der Waals surface area contributed by atoms with Gasteiger partial charge in [-0.05, 0) is 18.2 Å². The van der Waals surface area contributed by atoms with Gasteiger partial charge in [0.2, 0.25) is 0 Å². The Bertz CT molecular complexity index is 627. The number of nitro benzene ring substituents is 1. The minimum atomic E-state index is -0.468. The highest BCUT2D eigenvalue weighted by Crippen LogP contribution is 2.21. The molecule has 0 aliphatic rings. The summed E-state index contributed by atoms with van der Waals surface area (Å²) in [5.74, 6) is 0.417. The molecule has 0 unspecified atom stereocenters. The van der Waals surface area contributed by atoms with Crippen LogP contribution in [0, 0.1) is 10.1 Å². The summed E-state index contributed by atoms with van der Waals surface area (Å²) in [6, 6.07) is 13.9. The molecule has 2 rings (SSSR count). The fraction of sp³-hybridized carbons (Fsp3) is 0.0714. The van der Waals surface area contributed by atoms with E-state index in [2.05, 4.69) is 10.5 Å². The number of methoxy groups -OCH3 is 1. The zero-order valence-corrected chi connectivity index (χ0v) is 10.8. The molecule has 6 nitrogen and oxygen atoms in total. The van der Waals surface area contributed by atoms with Gasteiger partial charge in [0.1, 0.15) is 5.75 Å². The van der Waals surface area contributed by atoms with E-state index >= 15 is 0 Å². The van der Waals surface area contributed by atoms with E-state index in [4.69, 9.17) is 4.74 Å². The highest BCUT2D eigenvalue weighted by Gasteiger charge is 2.09. The lowest BCUT2D eigenvalue weighted by Gasteiger charge is -2.02. The summed E-state index contributed by atoms with van der Waals surface area (Å²) >= 11 is 0. The van der Waals surface area contributed by atoms with Crippen LogP contribution in [-0.4, -0.2) is 18.2 Å². The summed E-state index contributed by atoms with van der Waals surface area (Å²) in [6.45, 7) is 0. The molecule has 6 heteroatoms. The highest BCUT2D eigenvalue weighted by molar-refractivity contribution is 5.82. The first-order valence-corrected chi connectivity index (χ1v) is 5.86. The average molecular weight is 271 g/mol. The SMILES string of the molecule is COc1cc(C=NNc2ccccc2)cc([N+](=O)[O-])c1. The van der Waals surface area contributed by atoms with Crippen molar-refractivity contribution in [2.45, 2.75) is 0 Å². The van der Waals surface area contributed by atoms with Crippen LogP contribution in [0.5, 0.6) is 5.75 Å². The van der Waals surface area contributed by atoms with Gasteiger partial charge in [-0.2, -0.15) is 5.10 Å². The van der Waals surface area contributed by atoms with Gasteiger partial charge in [-0.15, -0.1) is 0 Å². The van der Waals surface area contributed by atoms with Crippen LogP contribution in [0.3, 0.4) is 0 Å². The van der Waals surface area contributed by atoms with Crippen LogP contribution < -0.4 is 10.2 Å². The first kappa shape index (κ1) is 13.5. The molecule has 0 aliphatic carbocycles. The molecule has 102 valence electrons. The second kappa shape index (κ2) is 6.33. The lowest BCUT2D eigenvalue weighted by molar-refractivity contribution is -0.384. The molecule has 0 heterocycles. The van der Waals surface area contributed by atoms with Crippen LogP contribution in [0.15, 0.2) is 53.6 Å². The molecule has 20 heavy (non-hydrogen) atoms. The number of nitrogens with one attached hydrogen (secondary N) is 1. The van der Waals surface area contributed by atoms with Gasteiger partial charge in [-0.1, -0.05) is 18.2 Å². The Hall–Kier alpha value is -2.89. The number of hydrogen-bond acceptors (Lipinski definition) is 5. The van der Waals surface area contributed by atoms with Gasteiger partial charge >= 0.3 is 0 Å². The molecule has 2 aromatic carbocycles. The molecular weight excluding hydrogens is 258 g/mol. The number of rotatable bonds is 5. The number of nitrogens with zero attached hydrogens (tertiary/aromatic N) is 2. The number of ether oxygens (including phenoxy) is 1. The molecule has 0 radical (unpaired) electrons. The zero-order chi connectivity index (χ0) is 14.4. The minimum absolute atomic E-state index is 0.0366. The summed E-state index contributed by atoms with van der Waals surface area (Å²) in [6.07, 6.45) is 1.50. The Morgan fingerprint density at radius 2 is 2.00 bits per heavy atom. The Morgan fingerprint density at radius 1 is 1.25 bits per heavy atom. The first-order valence-electron chi connectivity index (χ1n) is 5.86. The van der Waals surface area contributed by atoms with Crippen molar-refractivity contribution in [3.8, 4) is 5.75 Å². The van der Waals surface area contributed by atoms with Crippen molar-refractivity contribution in [2.24, 2.45) is 5.10 Å². The van der Waals surface area contributed by atoms with Gasteiger partial charge in [0.15, 0.2) is 0 Å². The van der Waals surface area contributed by atoms with Gasteiger partial charge < -0.3 is 4.74 Å². The third-order valence-electron chi connectivity index (χ3n) is 2.54. The first-order chi connectivity index (χ1) is 9.69. The van der Waals surface area contributed by atoms with Crippen molar-refractivity contribution in [3.05, 3.63) is 64.2 Å². The van der Waals surface area contributed by atoms with Crippen LogP contribution in [-0.2, 0) is 0 Å². The number of hydrazone groups is 1. The maximum absolute atomic E-state index is 10.8. The van der Waals surface area contributed by atoms with Crippen molar-refractivity contribution in [2.75, 3.05) is 12.5 Å². The molecule has 2 aromatic rings. The maximum Gasteiger partial charge on any atom is 0.273 e. The topological polar surface area (TPSA) is 76.8 Å². The Balaban J connectivity index is 2.16. The molecule has 0 saturated carbocycles. The van der Waals surface area contributed by atoms with E-state index in [0.29, 0.717) is 11.3 Å². The van der Waals surface area contributed by atoms with Crippen molar-refractivity contribution < 1.29 is 9.66 Å². The standard InChI is InChI=1S/C14H13N3O3/c1-20-14-8-11(7-13(9-14)17(18)19)10-15-16-12-5-3-2-4-6-12/h2-10,16H,1H3. The van der Waals surface area contributed by atoms with Crippen LogP contribution >= 0.6 is 0 Å². The fourth-order valence-corrected chi connectivity index (χ4v) is 1.60. The molecule has 0 bridgehead atoms. The fourth-order valence-electron chi connectivity index (χ4n) is 1.60. The van der Waals surface area contributed by atoms with E-state index in [0.717, 1.165) is 5.69 Å². The van der Waals surface area contributed by atoms with Gasteiger partial charge in [-0.3, -0.25) is 15.5 Å². The smallest absolute Gasteiger partial charge is 0.273 e. The van der Waals surface area contributed by atoms with E-state index in [1.54, 1.807) is 6.07 Å². The predicted molar refractivity (Wildman–Crippen MR) is 77.3 cm³/mol. The van der Waals surface area contributed by atoms with Crippen molar-refractivity contribution in [3.63, 3.8) is 0 Å². The van der Waals surface area contributed by atoms with E-state index in [-0.39, 0.29) is 5.69 Å². The molecular formula is C14H13N3O3. The number of benzene rings is 2. The van der Waals surface area contributed by atoms with E-state index in [9.17, 15) is 10.1 Å². The summed E-state index contributed by atoms with van der Waals surface area (Å²) in [5, 5.41) is 14.8. The number of nitro groups is 1. The Kier molecular flexibility index (Phi) is 4.28. The summed E-state index contributed by atoms with van der Waals surface area (Å²) in [7, 11) is 1.46. The van der Waals surface area contributed by atoms with Gasteiger partial charge in [0.05, 0.1) is 30.0 Å². The summed E-state index contributed by atoms with van der Waals surface area (Å²) in [4.78, 5) is 10.3. The summed E-state index contributed by atoms with van der Waals surface area (Å²) in [5.41, 5.74) is 4.22. The van der Waals surface area contributed by atoms with Crippen molar-refractivity contribution in [1.29, 1.82) is 0 Å². The lowest BCUT2D eigenvalue weighted by Crippen LogP contribution is -1.94. The predicted octanol–water partition coefficient (Wildman–Crippen LogP) is 3.05. The molecule has 0 atom stereocenters. The molecule has 0 aliphatic heterocycles. The molecule has 0 amide bonds. The number of para-hydroxylation sites is 1. The Morgan fingerprint density at radius 3 is 2.65 bits per heavy atom. The van der Waals surface area contributed by atoms with E-state index < -0.39 is 4.92 Å². The number of hydrogen-bond donors (Lipinski definition) is 1. The minimum Gasteiger partial charge on any atom is -0.496 e. The summed E-state index contributed by atoms with van der Waals surface area (Å²) < 4.78 is 5.02. The quantitative estimate of drug-likeness (QED) is 0.515. The Labute approximate surface area is 115 Å². The second-order valence-electron chi connectivity index (χ2n) is 3.96. The van der Waals surface area contributed by atoms with Crippen LogP contribution in [0.1, 0.15) is 5.56 Å². The number of anilines is 1. The maximum atomic E-state index is 10.8. The van der Waals surface area contributed by atoms with Crippen LogP contribution in [0.25, 0.3) is 0 Å². The third kappa shape index (κ3) is 3.55. The van der Waals surface area contributed by atoms with Crippen molar-refractivity contribution in [1.82, 2.24) is 0 Å². The van der Waals surface area contributed by atoms with E-state index in [1.165, 1.54) is 25.5 Å². The monoisotopic (exact) mass is 271 g/mol. The molecule has 0 aromatic heterocycles. The molecule has 0 fully saturated rings. The highest BCUT2D eigenvalue weighted by atomic mass is 16.6. The second-order valence-corrected chi connectivity index (χ2v) is 3.96.